The van der Waals surface area contributed by atoms with Gasteiger partial charge in [0.2, 0.25) is 0 Å². The fraction of sp³-hybridized carbons (Fsp3) is 0.364. The highest BCUT2D eigenvalue weighted by Crippen LogP contribution is 2.28. The van der Waals surface area contributed by atoms with E-state index in [4.69, 9.17) is 15.6 Å². The topological polar surface area (TPSA) is 116 Å². The highest BCUT2D eigenvalue weighted by molar-refractivity contribution is 5.73. The third-order valence-corrected chi connectivity index (χ3v) is 2.43. The molecule has 1 aromatic rings. The summed E-state index contributed by atoms with van der Waals surface area (Å²) in [6, 6.07) is 4.28. The Balaban J connectivity index is 2.99. The van der Waals surface area contributed by atoms with Gasteiger partial charge in [-0.05, 0) is 19.5 Å². The lowest BCUT2D eigenvalue weighted by atomic mass is 10.1. The van der Waals surface area contributed by atoms with Gasteiger partial charge in [-0.15, -0.1) is 0 Å². The van der Waals surface area contributed by atoms with Crippen molar-refractivity contribution in [1.82, 2.24) is 0 Å². The van der Waals surface area contributed by atoms with Crippen LogP contribution < -0.4 is 10.5 Å². The van der Waals surface area contributed by atoms with Gasteiger partial charge in [-0.1, -0.05) is 6.07 Å². The second-order valence-electron chi connectivity index (χ2n) is 3.68. The van der Waals surface area contributed by atoms with E-state index in [0.717, 1.165) is 0 Å². The maximum absolute atomic E-state index is 10.9. The number of benzene rings is 1. The number of nitro benzene ring substituents is 1. The van der Waals surface area contributed by atoms with Gasteiger partial charge in [0.05, 0.1) is 10.5 Å². The number of nitrogens with zero attached hydrogens (tertiary/aromatic N) is 1. The second kappa shape index (κ2) is 5.97. The highest BCUT2D eigenvalue weighted by Gasteiger charge is 2.21. The standard InChI is InChI=1S/C11H14N2O5/c1-7-8(13(16)17)3-2-4-9(7)18-10(5-6-12)11(14)15/h2-4,10H,5-6,12H2,1H3,(H,14,15). The molecule has 1 atom stereocenters. The van der Waals surface area contributed by atoms with Crippen molar-refractivity contribution in [2.45, 2.75) is 19.4 Å². The lowest BCUT2D eigenvalue weighted by molar-refractivity contribution is -0.385. The Hall–Kier alpha value is -2.15. The monoisotopic (exact) mass is 254 g/mol. The molecular weight excluding hydrogens is 240 g/mol. The van der Waals surface area contributed by atoms with Gasteiger partial charge in [0.1, 0.15) is 5.75 Å². The number of carboxylic acids is 1. The average Bonchev–Trinajstić information content (AvgIpc) is 2.30. The van der Waals surface area contributed by atoms with Crippen molar-refractivity contribution in [1.29, 1.82) is 0 Å². The van der Waals surface area contributed by atoms with Crippen LogP contribution in [-0.4, -0.2) is 28.6 Å². The molecule has 0 radical (unpaired) electrons. The van der Waals surface area contributed by atoms with Crippen molar-refractivity contribution >= 4 is 11.7 Å². The first-order chi connectivity index (χ1) is 8.47. The minimum Gasteiger partial charge on any atom is -0.479 e. The summed E-state index contributed by atoms with van der Waals surface area (Å²) in [5.41, 5.74) is 5.48. The van der Waals surface area contributed by atoms with Gasteiger partial charge in [-0.25, -0.2) is 4.79 Å². The number of hydrogen-bond donors (Lipinski definition) is 2. The molecule has 0 bridgehead atoms. The van der Waals surface area contributed by atoms with Gasteiger partial charge in [0.25, 0.3) is 5.69 Å². The van der Waals surface area contributed by atoms with E-state index in [1.807, 2.05) is 0 Å². The van der Waals surface area contributed by atoms with Gasteiger partial charge in [-0.2, -0.15) is 0 Å². The highest BCUT2D eigenvalue weighted by atomic mass is 16.6. The zero-order valence-corrected chi connectivity index (χ0v) is 9.83. The average molecular weight is 254 g/mol. The van der Waals surface area contributed by atoms with Crippen molar-refractivity contribution in [3.05, 3.63) is 33.9 Å². The zero-order valence-electron chi connectivity index (χ0n) is 9.83. The van der Waals surface area contributed by atoms with Crippen LogP contribution in [0.15, 0.2) is 18.2 Å². The van der Waals surface area contributed by atoms with Gasteiger partial charge >= 0.3 is 5.97 Å². The number of carboxylic acid groups (broad SMARTS) is 1. The van der Waals surface area contributed by atoms with Gasteiger partial charge in [0.15, 0.2) is 6.10 Å². The van der Waals surface area contributed by atoms with E-state index in [1.165, 1.54) is 25.1 Å². The van der Waals surface area contributed by atoms with Crippen LogP contribution in [0.5, 0.6) is 5.75 Å². The number of aliphatic carboxylic acids is 1. The normalized spacial score (nSPS) is 11.9. The van der Waals surface area contributed by atoms with Crippen molar-refractivity contribution in [2.24, 2.45) is 5.73 Å². The first-order valence-electron chi connectivity index (χ1n) is 5.31. The van der Waals surface area contributed by atoms with Crippen LogP contribution in [0.2, 0.25) is 0 Å². The summed E-state index contributed by atoms with van der Waals surface area (Å²) in [4.78, 5) is 21.1. The number of nitro groups is 1. The predicted octanol–water partition coefficient (Wildman–Crippen LogP) is 1.08. The van der Waals surface area contributed by atoms with Crippen molar-refractivity contribution < 1.29 is 19.6 Å². The molecule has 0 saturated heterocycles. The van der Waals surface area contributed by atoms with Crippen LogP contribution in [0.25, 0.3) is 0 Å². The van der Waals surface area contributed by atoms with E-state index < -0.39 is 17.0 Å². The number of rotatable bonds is 6. The van der Waals surface area contributed by atoms with Crippen LogP contribution in [0.4, 0.5) is 5.69 Å². The van der Waals surface area contributed by atoms with Crippen LogP contribution in [0.1, 0.15) is 12.0 Å². The molecule has 0 heterocycles. The Labute approximate surface area is 103 Å². The van der Waals surface area contributed by atoms with Gasteiger partial charge in [0, 0.05) is 12.5 Å². The predicted molar refractivity (Wildman–Crippen MR) is 63.6 cm³/mol. The minimum atomic E-state index is -1.15. The Morgan fingerprint density at radius 2 is 2.28 bits per heavy atom. The molecule has 1 unspecified atom stereocenters. The molecule has 1 aromatic carbocycles. The lowest BCUT2D eigenvalue weighted by Gasteiger charge is -2.15. The Bertz CT molecular complexity index is 461. The molecule has 0 aromatic heterocycles. The molecule has 0 saturated carbocycles. The largest absolute Gasteiger partial charge is 0.479 e. The van der Waals surface area contributed by atoms with E-state index in [-0.39, 0.29) is 24.4 Å². The summed E-state index contributed by atoms with van der Waals surface area (Å²) < 4.78 is 5.25. The summed E-state index contributed by atoms with van der Waals surface area (Å²) in [6.45, 7) is 1.67. The first kappa shape index (κ1) is 13.9. The maximum Gasteiger partial charge on any atom is 0.344 e. The molecule has 7 heteroatoms. The Kier molecular flexibility index (Phi) is 4.61. The minimum absolute atomic E-state index is 0.107. The first-order valence-corrected chi connectivity index (χ1v) is 5.31. The molecule has 3 N–H and O–H groups in total. The summed E-state index contributed by atoms with van der Waals surface area (Å²) in [7, 11) is 0. The zero-order chi connectivity index (χ0) is 13.7. The molecule has 0 aliphatic carbocycles. The van der Waals surface area contributed by atoms with E-state index >= 15 is 0 Å². The molecule has 7 nitrogen and oxygen atoms in total. The van der Waals surface area contributed by atoms with Crippen molar-refractivity contribution in [3.63, 3.8) is 0 Å². The smallest absolute Gasteiger partial charge is 0.344 e. The molecule has 0 fully saturated rings. The summed E-state index contributed by atoms with van der Waals surface area (Å²) >= 11 is 0. The third kappa shape index (κ3) is 3.17. The fourth-order valence-electron chi connectivity index (χ4n) is 1.47. The SMILES string of the molecule is Cc1c(OC(CCN)C(=O)O)cccc1[N+](=O)[O-]. The van der Waals surface area contributed by atoms with Gasteiger partial charge in [-0.3, -0.25) is 10.1 Å². The molecule has 0 amide bonds. The lowest BCUT2D eigenvalue weighted by Crippen LogP contribution is -2.29. The maximum atomic E-state index is 10.9. The number of carbonyl (C=O) groups is 1. The second-order valence-corrected chi connectivity index (χ2v) is 3.68. The fourth-order valence-corrected chi connectivity index (χ4v) is 1.47. The Morgan fingerprint density at radius 3 is 2.78 bits per heavy atom. The summed E-state index contributed by atoms with van der Waals surface area (Å²) in [6.07, 6.45) is -0.965. The van der Waals surface area contributed by atoms with E-state index in [1.54, 1.807) is 0 Å². The third-order valence-electron chi connectivity index (χ3n) is 2.43. The van der Waals surface area contributed by atoms with Crippen LogP contribution in [0, 0.1) is 17.0 Å². The van der Waals surface area contributed by atoms with E-state index in [9.17, 15) is 14.9 Å². The molecular formula is C11H14N2O5. The van der Waals surface area contributed by atoms with Crippen molar-refractivity contribution in [2.75, 3.05) is 6.54 Å². The number of ether oxygens (including phenoxy) is 1. The number of hydrogen-bond acceptors (Lipinski definition) is 5. The van der Waals surface area contributed by atoms with E-state index in [0.29, 0.717) is 5.56 Å². The van der Waals surface area contributed by atoms with E-state index in [2.05, 4.69) is 0 Å². The van der Waals surface area contributed by atoms with Crippen LogP contribution >= 0.6 is 0 Å². The molecule has 18 heavy (non-hydrogen) atoms. The Morgan fingerprint density at radius 1 is 1.61 bits per heavy atom. The summed E-state index contributed by atoms with van der Waals surface area (Å²) in [5.74, 6) is -0.962. The van der Waals surface area contributed by atoms with Gasteiger partial charge < -0.3 is 15.6 Å². The van der Waals surface area contributed by atoms with Crippen LogP contribution in [0.3, 0.4) is 0 Å². The molecule has 1 rings (SSSR count). The molecule has 98 valence electrons. The van der Waals surface area contributed by atoms with Crippen LogP contribution in [-0.2, 0) is 4.79 Å². The molecule has 0 aliphatic rings. The molecule has 0 spiro atoms. The summed E-state index contributed by atoms with van der Waals surface area (Å²) in [5, 5.41) is 19.7. The number of nitrogens with two attached hydrogens (primary N) is 1. The molecule has 0 aliphatic heterocycles. The van der Waals surface area contributed by atoms with Crippen molar-refractivity contribution in [3.8, 4) is 5.75 Å². The quantitative estimate of drug-likeness (QED) is 0.579.